The van der Waals surface area contributed by atoms with Crippen molar-refractivity contribution in [3.05, 3.63) is 48.6 Å². The zero-order valence-corrected chi connectivity index (χ0v) is 19.4. The largest absolute Gasteiger partial charge is 0.481 e. The molecule has 1 unspecified atom stereocenters. The minimum Gasteiger partial charge on any atom is -0.481 e. The monoisotopic (exact) mass is 420 g/mol. The Labute approximate surface area is 183 Å². The topological polar surface area (TPSA) is 63.6 Å². The zero-order valence-electron chi connectivity index (χ0n) is 19.4. The van der Waals surface area contributed by atoms with Gasteiger partial charge in [0.25, 0.3) is 0 Å². The van der Waals surface area contributed by atoms with Crippen LogP contribution in [0.2, 0.25) is 0 Å². The SMILES string of the molecule is CC/C=C\C/C=C\CC/C=C\CC/C=C\CCC(=O)OC(CC(=O)O)C[N+](C)(C)C. The Balaban J connectivity index is 3.89. The van der Waals surface area contributed by atoms with E-state index in [0.29, 0.717) is 17.4 Å². The maximum absolute atomic E-state index is 12.0. The van der Waals surface area contributed by atoms with Crippen LogP contribution >= 0.6 is 0 Å². The highest BCUT2D eigenvalue weighted by molar-refractivity contribution is 5.71. The Morgan fingerprint density at radius 3 is 1.83 bits per heavy atom. The van der Waals surface area contributed by atoms with Crippen molar-refractivity contribution in [3.63, 3.8) is 0 Å². The van der Waals surface area contributed by atoms with Crippen molar-refractivity contribution >= 4 is 11.9 Å². The van der Waals surface area contributed by atoms with E-state index in [-0.39, 0.29) is 18.8 Å². The maximum Gasteiger partial charge on any atom is 0.307 e. The van der Waals surface area contributed by atoms with Crippen LogP contribution in [0.25, 0.3) is 0 Å². The molecule has 0 saturated carbocycles. The van der Waals surface area contributed by atoms with Crippen LogP contribution in [0, 0.1) is 0 Å². The van der Waals surface area contributed by atoms with Crippen LogP contribution in [-0.2, 0) is 14.3 Å². The lowest BCUT2D eigenvalue weighted by molar-refractivity contribution is -0.873. The van der Waals surface area contributed by atoms with Gasteiger partial charge < -0.3 is 14.3 Å². The van der Waals surface area contributed by atoms with Gasteiger partial charge in [-0.2, -0.15) is 0 Å². The molecule has 170 valence electrons. The molecule has 5 heteroatoms. The van der Waals surface area contributed by atoms with Gasteiger partial charge in [-0.3, -0.25) is 9.59 Å². The number of allylic oxidation sites excluding steroid dienone is 8. The number of rotatable bonds is 17. The summed E-state index contributed by atoms with van der Waals surface area (Å²) in [7, 11) is 5.84. The summed E-state index contributed by atoms with van der Waals surface area (Å²) in [6.07, 6.45) is 23.6. The summed E-state index contributed by atoms with van der Waals surface area (Å²) >= 11 is 0. The second-order valence-electron chi connectivity index (χ2n) is 8.41. The van der Waals surface area contributed by atoms with Crippen molar-refractivity contribution in [2.45, 2.75) is 70.8 Å². The third-order valence-electron chi connectivity index (χ3n) is 4.14. The minimum absolute atomic E-state index is 0.158. The molecule has 0 saturated heterocycles. The molecule has 0 aromatic heterocycles. The van der Waals surface area contributed by atoms with Gasteiger partial charge >= 0.3 is 11.9 Å². The molecule has 5 nitrogen and oxygen atoms in total. The molecule has 30 heavy (non-hydrogen) atoms. The average Bonchev–Trinajstić information content (AvgIpc) is 2.63. The van der Waals surface area contributed by atoms with E-state index >= 15 is 0 Å². The Kier molecular flexibility index (Phi) is 16.4. The number of carboxylic acid groups (broad SMARTS) is 1. The van der Waals surface area contributed by atoms with Crippen LogP contribution in [0.4, 0.5) is 0 Å². The number of quaternary nitrogens is 1. The lowest BCUT2D eigenvalue weighted by Gasteiger charge is -2.28. The smallest absolute Gasteiger partial charge is 0.307 e. The second-order valence-corrected chi connectivity index (χ2v) is 8.41. The number of esters is 1. The predicted molar refractivity (Wildman–Crippen MR) is 124 cm³/mol. The second kappa shape index (κ2) is 17.7. The molecule has 0 aromatic carbocycles. The summed E-state index contributed by atoms with van der Waals surface area (Å²) in [4.78, 5) is 22.9. The van der Waals surface area contributed by atoms with Crippen LogP contribution in [0.5, 0.6) is 0 Å². The Morgan fingerprint density at radius 2 is 1.33 bits per heavy atom. The number of carboxylic acids is 1. The fraction of sp³-hybridized carbons (Fsp3) is 0.600. The lowest BCUT2D eigenvalue weighted by atomic mass is 10.2. The van der Waals surface area contributed by atoms with E-state index in [1.165, 1.54) is 0 Å². The standard InChI is InChI=1S/C25H41NO4/c1-5-6-7-8-9-10-11-12-13-14-15-16-17-18-19-20-25(29)30-23(21-24(27)28)22-26(2,3)4/h6-7,9-10,13-14,17-18,23H,5,8,11-12,15-16,19-22H2,1-4H3/p+1/b7-6-,10-9-,14-13-,18-17-. The maximum atomic E-state index is 12.0. The van der Waals surface area contributed by atoms with Crippen LogP contribution < -0.4 is 0 Å². The summed E-state index contributed by atoms with van der Waals surface area (Å²) < 4.78 is 5.91. The van der Waals surface area contributed by atoms with Crippen LogP contribution in [0.15, 0.2) is 48.6 Å². The Bertz CT molecular complexity index is 582. The molecule has 0 radical (unpaired) electrons. The molecule has 0 aliphatic carbocycles. The first-order valence-electron chi connectivity index (χ1n) is 11.1. The molecule has 0 fully saturated rings. The van der Waals surface area contributed by atoms with Crippen molar-refractivity contribution < 1.29 is 23.9 Å². The molecule has 0 aliphatic heterocycles. The van der Waals surface area contributed by atoms with Gasteiger partial charge in [0.1, 0.15) is 6.54 Å². The average molecular weight is 421 g/mol. The third kappa shape index (κ3) is 20.6. The number of ether oxygens (including phenoxy) is 1. The van der Waals surface area contributed by atoms with E-state index in [4.69, 9.17) is 9.84 Å². The molecule has 0 aliphatic rings. The van der Waals surface area contributed by atoms with Gasteiger partial charge in [-0.05, 0) is 44.9 Å². The molecule has 0 amide bonds. The Morgan fingerprint density at radius 1 is 0.833 bits per heavy atom. The summed E-state index contributed by atoms with van der Waals surface area (Å²) in [5, 5.41) is 8.99. The van der Waals surface area contributed by atoms with Crippen LogP contribution in [-0.4, -0.2) is 55.3 Å². The molecular weight excluding hydrogens is 378 g/mol. The van der Waals surface area contributed by atoms with Gasteiger partial charge in [-0.25, -0.2) is 0 Å². The van der Waals surface area contributed by atoms with Gasteiger partial charge in [-0.15, -0.1) is 0 Å². The van der Waals surface area contributed by atoms with Crippen LogP contribution in [0.3, 0.4) is 0 Å². The van der Waals surface area contributed by atoms with Crippen molar-refractivity contribution in [1.82, 2.24) is 0 Å². The number of hydrogen-bond acceptors (Lipinski definition) is 3. The first-order chi connectivity index (χ1) is 14.2. The van der Waals surface area contributed by atoms with Crippen LogP contribution in [0.1, 0.15) is 64.7 Å². The molecule has 1 N–H and O–H groups in total. The van der Waals surface area contributed by atoms with Gasteiger partial charge in [0.2, 0.25) is 0 Å². The molecular formula is C25H42NO4+. The van der Waals surface area contributed by atoms with Gasteiger partial charge in [0, 0.05) is 6.42 Å². The first-order valence-corrected chi connectivity index (χ1v) is 11.1. The summed E-state index contributed by atoms with van der Waals surface area (Å²) in [6.45, 7) is 2.62. The molecule has 0 bridgehead atoms. The molecule has 0 aromatic rings. The Hall–Kier alpha value is -2.14. The fourth-order valence-electron chi connectivity index (χ4n) is 2.81. The molecule has 0 rings (SSSR count). The molecule has 1 atom stereocenters. The zero-order chi connectivity index (χ0) is 22.7. The summed E-state index contributed by atoms with van der Waals surface area (Å²) in [5.41, 5.74) is 0. The summed E-state index contributed by atoms with van der Waals surface area (Å²) in [5.74, 6) is -1.29. The number of carbonyl (C=O) groups is 2. The van der Waals surface area contributed by atoms with E-state index < -0.39 is 12.1 Å². The lowest BCUT2D eigenvalue weighted by Crippen LogP contribution is -2.43. The highest BCUT2D eigenvalue weighted by Crippen LogP contribution is 2.08. The number of hydrogen-bond donors (Lipinski definition) is 1. The minimum atomic E-state index is -0.950. The summed E-state index contributed by atoms with van der Waals surface area (Å²) in [6, 6.07) is 0. The van der Waals surface area contributed by atoms with E-state index in [1.807, 2.05) is 27.2 Å². The van der Waals surface area contributed by atoms with Crippen molar-refractivity contribution in [1.29, 1.82) is 0 Å². The highest BCUT2D eigenvalue weighted by atomic mass is 16.5. The van der Waals surface area contributed by atoms with Crippen molar-refractivity contribution in [3.8, 4) is 0 Å². The third-order valence-corrected chi connectivity index (χ3v) is 4.14. The van der Waals surface area contributed by atoms with Crippen molar-refractivity contribution in [2.24, 2.45) is 0 Å². The number of nitrogens with zero attached hydrogens (tertiary/aromatic N) is 1. The first kappa shape index (κ1) is 27.9. The van der Waals surface area contributed by atoms with Gasteiger partial charge in [0.05, 0.1) is 27.6 Å². The number of carbonyl (C=O) groups excluding carboxylic acids is 1. The number of likely N-dealkylation sites (N-methyl/N-ethyl adjacent to an activating group) is 1. The normalized spacial score (nSPS) is 13.7. The van der Waals surface area contributed by atoms with E-state index in [2.05, 4.69) is 49.5 Å². The number of aliphatic carboxylic acids is 1. The fourth-order valence-corrected chi connectivity index (χ4v) is 2.81. The molecule has 0 spiro atoms. The number of unbranched alkanes of at least 4 members (excludes halogenated alkanes) is 2. The van der Waals surface area contributed by atoms with E-state index in [9.17, 15) is 9.59 Å². The highest BCUT2D eigenvalue weighted by Gasteiger charge is 2.24. The van der Waals surface area contributed by atoms with Gasteiger partial charge in [0.15, 0.2) is 6.10 Å². The van der Waals surface area contributed by atoms with Crippen molar-refractivity contribution in [2.75, 3.05) is 27.7 Å². The van der Waals surface area contributed by atoms with Gasteiger partial charge in [-0.1, -0.05) is 55.5 Å². The van der Waals surface area contributed by atoms with E-state index in [0.717, 1.165) is 38.5 Å². The van der Waals surface area contributed by atoms with E-state index in [1.54, 1.807) is 0 Å². The predicted octanol–water partition coefficient (Wildman–Crippen LogP) is 5.44. The quantitative estimate of drug-likeness (QED) is 0.147. The molecule has 0 heterocycles.